The maximum atomic E-state index is 5.96. The molecule has 1 unspecified atom stereocenters. The quantitative estimate of drug-likeness (QED) is 0.598. The van der Waals surface area contributed by atoms with Gasteiger partial charge in [-0.15, -0.1) is 0 Å². The van der Waals surface area contributed by atoms with Crippen LogP contribution < -0.4 is 5.73 Å². The lowest BCUT2D eigenvalue weighted by Crippen LogP contribution is -2.50. The van der Waals surface area contributed by atoms with Crippen molar-refractivity contribution >= 4 is 0 Å². The van der Waals surface area contributed by atoms with E-state index in [1.807, 2.05) is 0 Å². The van der Waals surface area contributed by atoms with Crippen LogP contribution in [0.4, 0.5) is 0 Å². The normalized spacial score (nSPS) is 31.0. The van der Waals surface area contributed by atoms with E-state index < -0.39 is 0 Å². The van der Waals surface area contributed by atoms with E-state index in [9.17, 15) is 0 Å². The summed E-state index contributed by atoms with van der Waals surface area (Å²) < 4.78 is 0. The zero-order chi connectivity index (χ0) is 9.57. The molecule has 2 N–H and O–H groups in total. The molecule has 0 aromatic carbocycles. The molecule has 2 nitrogen and oxygen atoms in total. The Morgan fingerprint density at radius 2 is 1.83 bits per heavy atom. The van der Waals surface area contributed by atoms with Crippen molar-refractivity contribution < 1.29 is 0 Å². The molecule has 1 rings (SSSR count). The first-order chi connectivity index (χ1) is 5.23. The van der Waals surface area contributed by atoms with Gasteiger partial charge in [-0.25, -0.2) is 0 Å². The molecule has 12 heavy (non-hydrogen) atoms. The third-order valence-corrected chi connectivity index (χ3v) is 2.72. The zero-order valence-corrected chi connectivity index (χ0v) is 9.02. The molecule has 1 aliphatic heterocycles. The minimum Gasteiger partial charge on any atom is -0.326 e. The Kier molecular flexibility index (Phi) is 2.26. The Hall–Kier alpha value is -0.0800. The molecule has 2 heteroatoms. The lowest BCUT2D eigenvalue weighted by Gasteiger charge is -2.42. The van der Waals surface area contributed by atoms with Crippen LogP contribution in [-0.4, -0.2) is 28.6 Å². The summed E-state index contributed by atoms with van der Waals surface area (Å²) in [5.41, 5.74) is 6.48. The minimum absolute atomic E-state index is 0.248. The van der Waals surface area contributed by atoms with Crippen LogP contribution in [0.3, 0.4) is 0 Å². The smallest absolute Gasteiger partial charge is 0.0185 e. The molecule has 0 aromatic heterocycles. The van der Waals surface area contributed by atoms with Crippen molar-refractivity contribution in [1.29, 1.82) is 0 Å². The van der Waals surface area contributed by atoms with Crippen LogP contribution in [0.25, 0.3) is 0 Å². The summed E-state index contributed by atoms with van der Waals surface area (Å²) in [6.07, 6.45) is 1.12. The largest absolute Gasteiger partial charge is 0.326 e. The highest BCUT2D eigenvalue weighted by Crippen LogP contribution is 2.33. The van der Waals surface area contributed by atoms with Gasteiger partial charge in [0.15, 0.2) is 0 Å². The van der Waals surface area contributed by atoms with Gasteiger partial charge >= 0.3 is 0 Å². The van der Waals surface area contributed by atoms with Crippen molar-refractivity contribution in [1.82, 2.24) is 4.90 Å². The Labute approximate surface area is 76.1 Å². The summed E-state index contributed by atoms with van der Waals surface area (Å²) in [6, 6.07) is 0.360. The van der Waals surface area contributed by atoms with Crippen molar-refractivity contribution in [2.75, 3.05) is 6.54 Å². The lowest BCUT2D eigenvalue weighted by atomic mass is 9.95. The molecule has 0 saturated carbocycles. The highest BCUT2D eigenvalue weighted by molar-refractivity contribution is 4.99. The molecular formula is C10H22N2. The van der Waals surface area contributed by atoms with E-state index in [4.69, 9.17) is 5.73 Å². The zero-order valence-electron chi connectivity index (χ0n) is 9.02. The van der Waals surface area contributed by atoms with E-state index in [-0.39, 0.29) is 11.1 Å². The SMILES string of the molecule is CC(C)(C)N1CC(N)CC1(C)C. The molecule has 72 valence electrons. The predicted molar refractivity (Wildman–Crippen MR) is 53.1 cm³/mol. The third kappa shape index (κ3) is 1.80. The summed E-state index contributed by atoms with van der Waals surface area (Å²) in [4.78, 5) is 2.50. The monoisotopic (exact) mass is 170 g/mol. The number of hydrogen-bond donors (Lipinski definition) is 1. The Balaban J connectivity index is 2.79. The standard InChI is InChI=1S/C10H22N2/c1-9(2,3)12-7-8(11)6-10(12,4)5/h8H,6-7,11H2,1-5H3. The summed E-state index contributed by atoms with van der Waals surface area (Å²) >= 11 is 0. The molecule has 0 bridgehead atoms. The van der Waals surface area contributed by atoms with Crippen molar-refractivity contribution in [2.24, 2.45) is 5.73 Å². The van der Waals surface area contributed by atoms with E-state index in [1.165, 1.54) is 0 Å². The minimum atomic E-state index is 0.248. The van der Waals surface area contributed by atoms with E-state index in [0.717, 1.165) is 13.0 Å². The molecule has 0 radical (unpaired) electrons. The molecule has 1 fully saturated rings. The maximum Gasteiger partial charge on any atom is 0.0185 e. The second-order valence-electron chi connectivity index (χ2n) is 5.56. The fourth-order valence-corrected chi connectivity index (χ4v) is 2.48. The summed E-state index contributed by atoms with van der Waals surface area (Å²) in [7, 11) is 0. The van der Waals surface area contributed by atoms with Gasteiger partial charge in [-0.2, -0.15) is 0 Å². The molecule has 1 heterocycles. The molecular weight excluding hydrogens is 148 g/mol. The number of nitrogens with zero attached hydrogens (tertiary/aromatic N) is 1. The van der Waals surface area contributed by atoms with E-state index >= 15 is 0 Å². The van der Waals surface area contributed by atoms with Gasteiger partial charge in [-0.05, 0) is 41.0 Å². The first kappa shape index (κ1) is 10.0. The van der Waals surface area contributed by atoms with Gasteiger partial charge in [0.1, 0.15) is 0 Å². The van der Waals surface area contributed by atoms with E-state index in [1.54, 1.807) is 0 Å². The highest BCUT2D eigenvalue weighted by atomic mass is 15.3. The Morgan fingerprint density at radius 3 is 2.00 bits per heavy atom. The van der Waals surface area contributed by atoms with E-state index in [0.29, 0.717) is 6.04 Å². The van der Waals surface area contributed by atoms with Gasteiger partial charge in [0.2, 0.25) is 0 Å². The van der Waals surface area contributed by atoms with Crippen LogP contribution in [0.15, 0.2) is 0 Å². The number of hydrogen-bond acceptors (Lipinski definition) is 2. The first-order valence-electron chi connectivity index (χ1n) is 4.77. The van der Waals surface area contributed by atoms with Crippen LogP contribution >= 0.6 is 0 Å². The fraction of sp³-hybridized carbons (Fsp3) is 1.00. The van der Waals surface area contributed by atoms with Gasteiger partial charge in [0.25, 0.3) is 0 Å². The van der Waals surface area contributed by atoms with Gasteiger partial charge < -0.3 is 5.73 Å². The van der Waals surface area contributed by atoms with Crippen LogP contribution in [0.1, 0.15) is 41.0 Å². The third-order valence-electron chi connectivity index (χ3n) is 2.72. The average molecular weight is 170 g/mol. The van der Waals surface area contributed by atoms with Crippen molar-refractivity contribution in [3.8, 4) is 0 Å². The van der Waals surface area contributed by atoms with Gasteiger partial charge in [0.05, 0.1) is 0 Å². The Bertz CT molecular complexity index is 167. The molecule has 0 aromatic rings. The summed E-state index contributed by atoms with van der Waals surface area (Å²) in [5, 5.41) is 0. The van der Waals surface area contributed by atoms with Crippen LogP contribution in [0.5, 0.6) is 0 Å². The number of nitrogens with two attached hydrogens (primary N) is 1. The van der Waals surface area contributed by atoms with Crippen LogP contribution in [0.2, 0.25) is 0 Å². The Morgan fingerprint density at radius 1 is 1.33 bits per heavy atom. The van der Waals surface area contributed by atoms with Gasteiger partial charge in [0, 0.05) is 23.7 Å². The molecule has 1 saturated heterocycles. The summed E-state index contributed by atoms with van der Waals surface area (Å²) in [6.45, 7) is 12.4. The average Bonchev–Trinajstić information content (AvgIpc) is 2.02. The number of likely N-dealkylation sites (tertiary alicyclic amines) is 1. The molecule has 1 atom stereocenters. The van der Waals surface area contributed by atoms with Crippen LogP contribution in [-0.2, 0) is 0 Å². The second kappa shape index (κ2) is 2.71. The van der Waals surface area contributed by atoms with Gasteiger partial charge in [-0.1, -0.05) is 0 Å². The molecule has 0 amide bonds. The fourth-order valence-electron chi connectivity index (χ4n) is 2.48. The number of rotatable bonds is 0. The maximum absolute atomic E-state index is 5.96. The highest BCUT2D eigenvalue weighted by Gasteiger charge is 2.41. The predicted octanol–water partition coefficient (Wildman–Crippen LogP) is 1.60. The van der Waals surface area contributed by atoms with Gasteiger partial charge in [-0.3, -0.25) is 4.90 Å². The summed E-state index contributed by atoms with van der Waals surface area (Å²) in [5.74, 6) is 0. The molecule has 0 aliphatic carbocycles. The second-order valence-corrected chi connectivity index (χ2v) is 5.56. The van der Waals surface area contributed by atoms with Crippen molar-refractivity contribution in [2.45, 2.75) is 58.2 Å². The van der Waals surface area contributed by atoms with Crippen molar-refractivity contribution in [3.63, 3.8) is 0 Å². The van der Waals surface area contributed by atoms with Crippen molar-refractivity contribution in [3.05, 3.63) is 0 Å². The molecule has 0 spiro atoms. The molecule has 1 aliphatic rings. The van der Waals surface area contributed by atoms with Crippen LogP contribution in [0, 0.1) is 0 Å². The topological polar surface area (TPSA) is 29.3 Å². The first-order valence-corrected chi connectivity index (χ1v) is 4.77. The van der Waals surface area contributed by atoms with E-state index in [2.05, 4.69) is 39.5 Å². The lowest BCUT2D eigenvalue weighted by molar-refractivity contribution is 0.0678.